The average molecular weight is 620 g/mol. The van der Waals surface area contributed by atoms with Gasteiger partial charge in [0.1, 0.15) is 12.4 Å². The first-order chi connectivity index (χ1) is 19.4. The standard InChI is InChI=1S/C28H32Cl2N6O4S/c1-4-5-12-40-27(37)17-36(41(38,39)23-15-20(29)14-21(30)16-23)22-6-7-24-19(13-22)10-11-35(24)26-9-8-25(33-34-26)32-18-28(2,3)31/h6-11,13-16H,4-5,12,17-18,31H2,1-3H3,(H,32,33). The zero-order valence-electron chi connectivity index (χ0n) is 23.0. The van der Waals surface area contributed by atoms with Gasteiger partial charge in [0.2, 0.25) is 0 Å². The summed E-state index contributed by atoms with van der Waals surface area (Å²) in [5, 5.41) is 12.7. The Balaban J connectivity index is 1.67. The summed E-state index contributed by atoms with van der Waals surface area (Å²) in [6.45, 7) is 5.99. The van der Waals surface area contributed by atoms with Crippen LogP contribution in [-0.4, -0.2) is 54.4 Å². The van der Waals surface area contributed by atoms with Crippen LogP contribution in [0.5, 0.6) is 0 Å². The maximum absolute atomic E-state index is 13.8. The number of halogens is 2. The van der Waals surface area contributed by atoms with E-state index in [9.17, 15) is 13.2 Å². The van der Waals surface area contributed by atoms with Crippen LogP contribution in [0.2, 0.25) is 10.0 Å². The van der Waals surface area contributed by atoms with Gasteiger partial charge in [-0.3, -0.25) is 13.7 Å². The molecule has 2 aromatic carbocycles. The van der Waals surface area contributed by atoms with Gasteiger partial charge in [-0.1, -0.05) is 36.5 Å². The highest BCUT2D eigenvalue weighted by molar-refractivity contribution is 7.92. The second-order valence-corrected chi connectivity index (χ2v) is 13.0. The molecule has 0 amide bonds. The molecule has 13 heteroatoms. The molecule has 2 heterocycles. The van der Waals surface area contributed by atoms with Crippen molar-refractivity contribution in [3.05, 3.63) is 70.8 Å². The summed E-state index contributed by atoms with van der Waals surface area (Å²) < 4.78 is 35.7. The second-order valence-electron chi connectivity index (χ2n) is 10.2. The largest absolute Gasteiger partial charge is 0.464 e. The van der Waals surface area contributed by atoms with Crippen molar-refractivity contribution in [1.82, 2.24) is 14.8 Å². The highest BCUT2D eigenvalue weighted by atomic mass is 35.5. The molecule has 0 aliphatic carbocycles. The molecule has 3 N–H and O–H groups in total. The lowest BCUT2D eigenvalue weighted by Gasteiger charge is -2.24. The maximum atomic E-state index is 13.8. The minimum Gasteiger partial charge on any atom is -0.464 e. The molecule has 4 rings (SSSR count). The number of fused-ring (bicyclic) bond motifs is 1. The van der Waals surface area contributed by atoms with E-state index < -0.39 is 28.1 Å². The number of sulfonamides is 1. The number of nitrogens with one attached hydrogen (secondary N) is 1. The number of rotatable bonds is 12. The number of benzene rings is 2. The Hall–Kier alpha value is -3.38. The fraction of sp³-hybridized carbons (Fsp3) is 0.321. The normalized spacial score (nSPS) is 12.0. The van der Waals surface area contributed by atoms with Gasteiger partial charge in [0.05, 0.1) is 22.7 Å². The number of unbranched alkanes of at least 4 members (excludes halogenated alkanes) is 1. The number of aromatic nitrogens is 3. The number of carbonyl (C=O) groups excluding carboxylic acids is 1. The molecule has 2 aromatic heterocycles. The summed E-state index contributed by atoms with van der Waals surface area (Å²) in [7, 11) is -4.24. The molecule has 10 nitrogen and oxygen atoms in total. The first-order valence-corrected chi connectivity index (χ1v) is 15.2. The molecule has 0 bridgehead atoms. The Bertz CT molecular complexity index is 1620. The van der Waals surface area contributed by atoms with Crippen molar-refractivity contribution in [2.45, 2.75) is 44.0 Å². The van der Waals surface area contributed by atoms with Crippen LogP contribution in [0.1, 0.15) is 33.6 Å². The van der Waals surface area contributed by atoms with Crippen LogP contribution in [0.25, 0.3) is 16.7 Å². The summed E-state index contributed by atoms with van der Waals surface area (Å²) in [5.41, 5.74) is 6.65. The Morgan fingerprint density at radius 2 is 1.80 bits per heavy atom. The van der Waals surface area contributed by atoms with Crippen molar-refractivity contribution in [2.24, 2.45) is 5.73 Å². The molecular formula is C28H32Cl2N6O4S. The summed E-state index contributed by atoms with van der Waals surface area (Å²) >= 11 is 12.2. The van der Waals surface area contributed by atoms with Gasteiger partial charge in [-0.15, -0.1) is 10.2 Å². The lowest BCUT2D eigenvalue weighted by Crippen LogP contribution is -2.39. The zero-order chi connectivity index (χ0) is 29.8. The molecule has 0 atom stereocenters. The summed E-state index contributed by atoms with van der Waals surface area (Å²) in [6.07, 6.45) is 3.31. The third-order valence-electron chi connectivity index (χ3n) is 6.04. The number of anilines is 2. The minimum atomic E-state index is -4.24. The van der Waals surface area contributed by atoms with Crippen LogP contribution in [0.3, 0.4) is 0 Å². The summed E-state index contributed by atoms with van der Waals surface area (Å²) in [4.78, 5) is 12.5. The maximum Gasteiger partial charge on any atom is 0.326 e. The van der Waals surface area contributed by atoms with Crippen molar-refractivity contribution < 1.29 is 17.9 Å². The molecule has 218 valence electrons. The molecule has 0 fully saturated rings. The highest BCUT2D eigenvalue weighted by Gasteiger charge is 2.29. The Labute approximate surface area is 249 Å². The number of hydrogen-bond donors (Lipinski definition) is 2. The van der Waals surface area contributed by atoms with Gasteiger partial charge in [-0.25, -0.2) is 8.42 Å². The number of carbonyl (C=O) groups is 1. The molecular weight excluding hydrogens is 587 g/mol. The molecule has 0 spiro atoms. The second kappa shape index (κ2) is 12.6. The predicted molar refractivity (Wildman–Crippen MR) is 162 cm³/mol. The van der Waals surface area contributed by atoms with E-state index >= 15 is 0 Å². The number of nitrogens with two attached hydrogens (primary N) is 1. The lowest BCUT2D eigenvalue weighted by atomic mass is 10.1. The molecule has 0 aliphatic heterocycles. The molecule has 4 aromatic rings. The molecule has 0 unspecified atom stereocenters. The molecule has 0 aliphatic rings. The summed E-state index contributed by atoms with van der Waals surface area (Å²) in [6, 6.07) is 14.5. The fourth-order valence-corrected chi connectivity index (χ4v) is 6.09. The van der Waals surface area contributed by atoms with E-state index in [1.165, 1.54) is 18.2 Å². The first-order valence-electron chi connectivity index (χ1n) is 13.0. The van der Waals surface area contributed by atoms with Crippen LogP contribution in [0, 0.1) is 0 Å². The van der Waals surface area contributed by atoms with E-state index in [1.807, 2.05) is 49.7 Å². The molecule has 0 saturated carbocycles. The van der Waals surface area contributed by atoms with Crippen molar-refractivity contribution in [3.63, 3.8) is 0 Å². The smallest absolute Gasteiger partial charge is 0.326 e. The number of nitrogens with zero attached hydrogens (tertiary/aromatic N) is 4. The van der Waals surface area contributed by atoms with Gasteiger partial charge in [-0.2, -0.15) is 0 Å². The highest BCUT2D eigenvalue weighted by Crippen LogP contribution is 2.31. The van der Waals surface area contributed by atoms with Crippen molar-refractivity contribution >= 4 is 61.6 Å². The van der Waals surface area contributed by atoms with Crippen LogP contribution >= 0.6 is 23.2 Å². The van der Waals surface area contributed by atoms with E-state index in [-0.39, 0.29) is 27.2 Å². The molecule has 41 heavy (non-hydrogen) atoms. The lowest BCUT2D eigenvalue weighted by molar-refractivity contribution is -0.141. The topological polar surface area (TPSA) is 132 Å². The number of hydrogen-bond acceptors (Lipinski definition) is 8. The number of ether oxygens (including phenoxy) is 1. The van der Waals surface area contributed by atoms with E-state index in [0.717, 1.165) is 21.6 Å². The third-order valence-corrected chi connectivity index (χ3v) is 8.23. The van der Waals surface area contributed by atoms with Gasteiger partial charge >= 0.3 is 5.97 Å². The number of esters is 1. The zero-order valence-corrected chi connectivity index (χ0v) is 25.3. The van der Waals surface area contributed by atoms with Gasteiger partial charge in [0.15, 0.2) is 5.82 Å². The van der Waals surface area contributed by atoms with Crippen LogP contribution < -0.4 is 15.4 Å². The average Bonchev–Trinajstić information content (AvgIpc) is 3.33. The first kappa shape index (κ1) is 30.6. The van der Waals surface area contributed by atoms with E-state index in [2.05, 4.69) is 15.5 Å². The van der Waals surface area contributed by atoms with Gasteiger partial charge in [-0.05, 0) is 74.9 Å². The van der Waals surface area contributed by atoms with Crippen molar-refractivity contribution in [3.8, 4) is 5.82 Å². The Morgan fingerprint density at radius 1 is 1.07 bits per heavy atom. The quantitative estimate of drug-likeness (QED) is 0.159. The molecule has 0 radical (unpaired) electrons. The van der Waals surface area contributed by atoms with Gasteiger partial charge in [0, 0.05) is 33.7 Å². The Kier molecular flexibility index (Phi) is 9.43. The Morgan fingerprint density at radius 3 is 2.44 bits per heavy atom. The van der Waals surface area contributed by atoms with Crippen LogP contribution in [0.15, 0.2) is 65.7 Å². The SMILES string of the molecule is CCCCOC(=O)CN(c1ccc2c(ccn2-c2ccc(NCC(C)(C)N)nn2)c1)S(=O)(=O)c1cc(Cl)cc(Cl)c1. The van der Waals surface area contributed by atoms with Crippen molar-refractivity contribution in [1.29, 1.82) is 0 Å². The third kappa shape index (κ3) is 7.68. The van der Waals surface area contributed by atoms with E-state index in [1.54, 1.807) is 18.2 Å². The van der Waals surface area contributed by atoms with Crippen LogP contribution in [-0.2, 0) is 19.6 Å². The predicted octanol–water partition coefficient (Wildman–Crippen LogP) is 5.42. The monoisotopic (exact) mass is 618 g/mol. The van der Waals surface area contributed by atoms with E-state index in [4.69, 9.17) is 33.7 Å². The summed E-state index contributed by atoms with van der Waals surface area (Å²) in [5.74, 6) is 0.497. The van der Waals surface area contributed by atoms with Crippen molar-refractivity contribution in [2.75, 3.05) is 29.3 Å². The van der Waals surface area contributed by atoms with E-state index in [0.29, 0.717) is 24.6 Å². The van der Waals surface area contributed by atoms with Gasteiger partial charge < -0.3 is 15.8 Å². The minimum absolute atomic E-state index is 0.143. The van der Waals surface area contributed by atoms with Gasteiger partial charge in [0.25, 0.3) is 10.0 Å². The van der Waals surface area contributed by atoms with Crippen LogP contribution in [0.4, 0.5) is 11.5 Å². The fourth-order valence-electron chi connectivity index (χ4n) is 3.96. The molecule has 0 saturated heterocycles.